The van der Waals surface area contributed by atoms with Crippen LogP contribution < -0.4 is 21.7 Å². The zero-order valence-corrected chi connectivity index (χ0v) is 15.6. The van der Waals surface area contributed by atoms with Gasteiger partial charge in [-0.05, 0) is 6.42 Å². The highest BCUT2D eigenvalue weighted by atomic mass is 16.4. The van der Waals surface area contributed by atoms with Crippen molar-refractivity contribution in [3.63, 3.8) is 0 Å². The van der Waals surface area contributed by atoms with Crippen LogP contribution in [0.3, 0.4) is 0 Å². The fourth-order valence-electron chi connectivity index (χ4n) is 2.01. The molecule has 0 aromatic heterocycles. The van der Waals surface area contributed by atoms with Gasteiger partial charge < -0.3 is 47.2 Å². The summed E-state index contributed by atoms with van der Waals surface area (Å²) in [6, 6.07) is -6.55. The number of aliphatic carboxylic acids is 3. The minimum atomic E-state index is -1.81. The molecule has 3 amide bonds. The van der Waals surface area contributed by atoms with E-state index in [-0.39, 0.29) is 0 Å². The maximum absolute atomic E-state index is 12.4. The van der Waals surface area contributed by atoms with Gasteiger partial charge >= 0.3 is 17.9 Å². The predicted octanol–water partition coefficient (Wildman–Crippen LogP) is -4.82. The molecular weight excluding hydrogens is 412 g/mol. The number of nitrogens with two attached hydrogens (primary N) is 1. The number of rotatable bonds is 14. The minimum absolute atomic E-state index is 0.457. The number of aliphatic hydroxyl groups excluding tert-OH is 2. The first-order valence-electron chi connectivity index (χ1n) is 8.47. The number of carbonyl (C=O) groups excluding carboxylic acids is 3. The molecule has 10 N–H and O–H groups in total. The van der Waals surface area contributed by atoms with Crippen LogP contribution in [-0.2, 0) is 28.8 Å². The maximum Gasteiger partial charge on any atom is 0.328 e. The second-order valence-corrected chi connectivity index (χ2v) is 6.02. The van der Waals surface area contributed by atoms with Crippen molar-refractivity contribution in [3.05, 3.63) is 0 Å². The van der Waals surface area contributed by atoms with Crippen molar-refractivity contribution in [3.8, 4) is 0 Å². The van der Waals surface area contributed by atoms with Gasteiger partial charge in [0.2, 0.25) is 17.7 Å². The SMILES string of the molecule is NC(CO)C(=O)NC(CCC(=O)O)C(=O)NC(CC(=O)O)C(=O)NC(CO)C(=O)O. The molecule has 0 bridgehead atoms. The van der Waals surface area contributed by atoms with Crippen molar-refractivity contribution in [2.45, 2.75) is 43.4 Å². The quantitative estimate of drug-likeness (QED) is 0.124. The third kappa shape index (κ3) is 9.76. The number of carboxylic acids is 3. The summed E-state index contributed by atoms with van der Waals surface area (Å²) < 4.78 is 0. The normalized spacial score (nSPS) is 14.5. The zero-order valence-electron chi connectivity index (χ0n) is 15.6. The van der Waals surface area contributed by atoms with Gasteiger partial charge in [0.1, 0.15) is 24.2 Å². The van der Waals surface area contributed by atoms with Crippen molar-refractivity contribution in [2.24, 2.45) is 5.73 Å². The highest BCUT2D eigenvalue weighted by molar-refractivity contribution is 5.95. The van der Waals surface area contributed by atoms with Crippen molar-refractivity contribution in [1.29, 1.82) is 0 Å². The van der Waals surface area contributed by atoms with Crippen molar-refractivity contribution in [1.82, 2.24) is 16.0 Å². The number of nitrogens with one attached hydrogen (secondary N) is 3. The second-order valence-electron chi connectivity index (χ2n) is 6.02. The van der Waals surface area contributed by atoms with Gasteiger partial charge in [0.25, 0.3) is 0 Å². The lowest BCUT2D eigenvalue weighted by Gasteiger charge is -2.23. The van der Waals surface area contributed by atoms with E-state index < -0.39 is 92.3 Å². The molecule has 4 atom stereocenters. The Labute approximate surface area is 169 Å². The molecule has 0 aromatic carbocycles. The molecule has 0 aliphatic carbocycles. The summed E-state index contributed by atoms with van der Waals surface area (Å²) in [6.07, 6.45) is -2.03. The minimum Gasteiger partial charge on any atom is -0.481 e. The van der Waals surface area contributed by atoms with Crippen LogP contribution in [0.4, 0.5) is 0 Å². The van der Waals surface area contributed by atoms with Crippen LogP contribution in [0.25, 0.3) is 0 Å². The molecule has 15 nitrogen and oxygen atoms in total. The molecule has 170 valence electrons. The summed E-state index contributed by atoms with van der Waals surface area (Å²) in [6.45, 7) is -1.79. The van der Waals surface area contributed by atoms with E-state index in [9.17, 15) is 28.8 Å². The molecule has 0 heterocycles. The topological polar surface area (TPSA) is 266 Å². The number of carbonyl (C=O) groups is 6. The number of amides is 3. The fraction of sp³-hybridized carbons (Fsp3) is 0.600. The summed E-state index contributed by atoms with van der Waals surface area (Å²) in [7, 11) is 0. The van der Waals surface area contributed by atoms with E-state index in [1.807, 2.05) is 10.6 Å². The lowest BCUT2D eigenvalue weighted by atomic mass is 10.1. The van der Waals surface area contributed by atoms with Gasteiger partial charge in [-0.3, -0.25) is 24.0 Å². The molecule has 4 unspecified atom stereocenters. The molecule has 15 heteroatoms. The van der Waals surface area contributed by atoms with Gasteiger partial charge in [-0.1, -0.05) is 0 Å². The van der Waals surface area contributed by atoms with E-state index in [2.05, 4.69) is 5.32 Å². The Morgan fingerprint density at radius 1 is 0.700 bits per heavy atom. The molecule has 0 rings (SSSR count). The highest BCUT2D eigenvalue weighted by Crippen LogP contribution is 2.02. The molecule has 0 radical (unpaired) electrons. The number of aliphatic hydroxyl groups is 2. The molecule has 0 saturated heterocycles. The van der Waals surface area contributed by atoms with Crippen molar-refractivity contribution >= 4 is 35.6 Å². The Kier molecular flexibility index (Phi) is 11.6. The number of hydrogen-bond acceptors (Lipinski definition) is 9. The average molecular weight is 436 g/mol. The monoisotopic (exact) mass is 436 g/mol. The number of carboxylic acid groups (broad SMARTS) is 3. The van der Waals surface area contributed by atoms with E-state index in [0.717, 1.165) is 0 Å². The van der Waals surface area contributed by atoms with Crippen LogP contribution in [0.5, 0.6) is 0 Å². The summed E-state index contributed by atoms with van der Waals surface area (Å²) in [5, 5.41) is 50.2. The Balaban J connectivity index is 5.44. The van der Waals surface area contributed by atoms with E-state index in [0.29, 0.717) is 0 Å². The van der Waals surface area contributed by atoms with E-state index >= 15 is 0 Å². The fourth-order valence-corrected chi connectivity index (χ4v) is 2.01. The lowest BCUT2D eigenvalue weighted by molar-refractivity contribution is -0.144. The van der Waals surface area contributed by atoms with Crippen LogP contribution in [-0.4, -0.2) is 98.5 Å². The Bertz CT molecular complexity index is 669. The molecule has 0 saturated carbocycles. The summed E-state index contributed by atoms with van der Waals surface area (Å²) in [5.41, 5.74) is 5.30. The summed E-state index contributed by atoms with van der Waals surface area (Å²) >= 11 is 0. The molecule has 0 aliphatic heterocycles. The van der Waals surface area contributed by atoms with Crippen LogP contribution >= 0.6 is 0 Å². The largest absolute Gasteiger partial charge is 0.481 e. The molecule has 0 aliphatic rings. The van der Waals surface area contributed by atoms with Crippen LogP contribution in [0.1, 0.15) is 19.3 Å². The Morgan fingerprint density at radius 2 is 1.20 bits per heavy atom. The first-order valence-corrected chi connectivity index (χ1v) is 8.47. The Hall–Kier alpha value is -3.30. The van der Waals surface area contributed by atoms with Gasteiger partial charge in [0.15, 0.2) is 0 Å². The summed E-state index contributed by atoms with van der Waals surface area (Å²) in [5.74, 6) is -7.88. The maximum atomic E-state index is 12.4. The lowest BCUT2D eigenvalue weighted by Crippen LogP contribution is -2.58. The molecule has 0 spiro atoms. The van der Waals surface area contributed by atoms with Crippen molar-refractivity contribution < 1.29 is 54.3 Å². The van der Waals surface area contributed by atoms with Gasteiger partial charge in [-0.25, -0.2) is 4.79 Å². The first kappa shape index (κ1) is 26.7. The average Bonchev–Trinajstić information content (AvgIpc) is 2.66. The highest BCUT2D eigenvalue weighted by Gasteiger charge is 2.31. The van der Waals surface area contributed by atoms with E-state index in [1.54, 1.807) is 0 Å². The van der Waals surface area contributed by atoms with Gasteiger partial charge in [-0.15, -0.1) is 0 Å². The smallest absolute Gasteiger partial charge is 0.328 e. The predicted molar refractivity (Wildman–Crippen MR) is 94.7 cm³/mol. The third-order valence-corrected chi connectivity index (χ3v) is 3.62. The van der Waals surface area contributed by atoms with E-state index in [4.69, 9.17) is 31.3 Å². The standard InChI is InChI=1S/C15H24N4O11/c16-6(4-20)12(26)17-7(1-2-10(22)23)13(27)18-8(3-11(24)25)14(28)19-9(5-21)15(29)30/h6-9,20-21H,1-5,16H2,(H,17,26)(H,18,27)(H,19,28)(H,22,23)(H,24,25)(H,29,30). The third-order valence-electron chi connectivity index (χ3n) is 3.62. The first-order chi connectivity index (χ1) is 13.9. The molecular formula is C15H24N4O11. The van der Waals surface area contributed by atoms with Crippen LogP contribution in [0.15, 0.2) is 0 Å². The zero-order chi connectivity index (χ0) is 23.4. The molecule has 30 heavy (non-hydrogen) atoms. The van der Waals surface area contributed by atoms with E-state index in [1.165, 1.54) is 0 Å². The Morgan fingerprint density at radius 3 is 1.63 bits per heavy atom. The number of hydrogen-bond donors (Lipinski definition) is 9. The molecule has 0 fully saturated rings. The van der Waals surface area contributed by atoms with Crippen LogP contribution in [0.2, 0.25) is 0 Å². The summed E-state index contributed by atoms with van der Waals surface area (Å²) in [4.78, 5) is 69.0. The van der Waals surface area contributed by atoms with Gasteiger partial charge in [0.05, 0.1) is 19.6 Å². The van der Waals surface area contributed by atoms with Crippen LogP contribution in [0, 0.1) is 0 Å². The second kappa shape index (κ2) is 13.0. The molecule has 0 aromatic rings. The van der Waals surface area contributed by atoms with Gasteiger partial charge in [0, 0.05) is 6.42 Å². The van der Waals surface area contributed by atoms with Crippen molar-refractivity contribution in [2.75, 3.05) is 13.2 Å². The van der Waals surface area contributed by atoms with Gasteiger partial charge in [-0.2, -0.15) is 0 Å².